The third-order valence-corrected chi connectivity index (χ3v) is 9.54. The Morgan fingerprint density at radius 1 is 1.04 bits per heavy atom. The maximum Gasteiger partial charge on any atom is 0.180 e. The van der Waals surface area contributed by atoms with Gasteiger partial charge in [0.05, 0.1) is 5.69 Å². The molecule has 2 nitrogen and oxygen atoms in total. The summed E-state index contributed by atoms with van der Waals surface area (Å²) in [5.41, 5.74) is 8.37. The van der Waals surface area contributed by atoms with Gasteiger partial charge in [0.15, 0.2) is 5.13 Å². The molecule has 0 unspecified atom stereocenters. The molecule has 2 N–H and O–H groups in total. The number of nitrogens with zero attached hydrogens (tertiary/aromatic N) is 1. The number of nitrogen functional groups attached to an aromatic ring is 1. The van der Waals surface area contributed by atoms with Gasteiger partial charge in [-0.25, -0.2) is 4.98 Å². The summed E-state index contributed by atoms with van der Waals surface area (Å²) < 4.78 is 0. The maximum atomic E-state index is 6.02. The molecule has 126 valence electrons. The Bertz CT molecular complexity index is 638. The van der Waals surface area contributed by atoms with E-state index in [-0.39, 0.29) is 0 Å². The monoisotopic (exact) mass is 330 g/mol. The van der Waals surface area contributed by atoms with Gasteiger partial charge in [-0.3, -0.25) is 0 Å². The summed E-state index contributed by atoms with van der Waals surface area (Å²) in [5.74, 6) is 3.78. The van der Waals surface area contributed by atoms with Crippen LogP contribution in [0.4, 0.5) is 5.13 Å². The number of hydrogen-bond acceptors (Lipinski definition) is 3. The molecular weight excluding hydrogens is 300 g/mol. The van der Waals surface area contributed by atoms with Gasteiger partial charge >= 0.3 is 0 Å². The van der Waals surface area contributed by atoms with Gasteiger partial charge in [-0.05, 0) is 74.0 Å². The van der Waals surface area contributed by atoms with Gasteiger partial charge in [-0.1, -0.05) is 26.7 Å². The van der Waals surface area contributed by atoms with E-state index in [9.17, 15) is 0 Å². The van der Waals surface area contributed by atoms with Crippen LogP contribution in [0.1, 0.15) is 75.8 Å². The lowest BCUT2D eigenvalue weighted by Gasteiger charge is -2.59. The van der Waals surface area contributed by atoms with E-state index in [1.54, 1.807) is 11.3 Å². The zero-order chi connectivity index (χ0) is 15.8. The molecule has 0 bridgehead atoms. The zero-order valence-electron chi connectivity index (χ0n) is 14.6. The van der Waals surface area contributed by atoms with Crippen molar-refractivity contribution in [3.8, 4) is 0 Å². The molecule has 6 atom stereocenters. The molecule has 23 heavy (non-hydrogen) atoms. The van der Waals surface area contributed by atoms with Gasteiger partial charge in [-0.15, -0.1) is 11.3 Å². The van der Waals surface area contributed by atoms with Crippen molar-refractivity contribution in [3.63, 3.8) is 0 Å². The van der Waals surface area contributed by atoms with Crippen LogP contribution in [0, 0.1) is 29.1 Å². The molecule has 1 heterocycles. The third kappa shape index (κ3) is 1.83. The van der Waals surface area contributed by atoms with E-state index in [0.717, 1.165) is 28.8 Å². The van der Waals surface area contributed by atoms with Gasteiger partial charge in [0.25, 0.3) is 0 Å². The molecule has 0 amide bonds. The lowest BCUT2D eigenvalue weighted by atomic mass is 9.45. The average Bonchev–Trinajstić information content (AvgIpc) is 3.02. The molecule has 0 aromatic carbocycles. The van der Waals surface area contributed by atoms with Crippen LogP contribution < -0.4 is 5.73 Å². The SMILES string of the molecule is C[C@]12CCCC[C@@H]1CC[C@@H]1[C@H]2CC[C@]2(C)c3nc(N)sc3C[C@@H]12. The highest BCUT2D eigenvalue weighted by molar-refractivity contribution is 7.15. The quantitative estimate of drug-likeness (QED) is 0.712. The van der Waals surface area contributed by atoms with E-state index in [2.05, 4.69) is 13.8 Å². The van der Waals surface area contributed by atoms with E-state index in [1.165, 1.54) is 68.4 Å². The summed E-state index contributed by atoms with van der Waals surface area (Å²) in [7, 11) is 0. The van der Waals surface area contributed by atoms with Crippen LogP contribution in [-0.2, 0) is 11.8 Å². The van der Waals surface area contributed by atoms with Crippen molar-refractivity contribution in [2.45, 2.75) is 77.0 Å². The fourth-order valence-electron chi connectivity index (χ4n) is 7.44. The number of anilines is 1. The second-order valence-electron chi connectivity index (χ2n) is 9.39. The van der Waals surface area contributed by atoms with Crippen LogP contribution in [0.2, 0.25) is 0 Å². The number of fused-ring (bicyclic) bond motifs is 7. The smallest absolute Gasteiger partial charge is 0.180 e. The van der Waals surface area contributed by atoms with Crippen LogP contribution >= 0.6 is 11.3 Å². The Kier molecular flexibility index (Phi) is 3.04. The molecule has 1 aromatic rings. The summed E-state index contributed by atoms with van der Waals surface area (Å²) in [4.78, 5) is 6.30. The first-order chi connectivity index (χ1) is 11.0. The summed E-state index contributed by atoms with van der Waals surface area (Å²) in [6, 6.07) is 0. The van der Waals surface area contributed by atoms with E-state index in [4.69, 9.17) is 10.7 Å². The predicted molar refractivity (Wildman–Crippen MR) is 96.6 cm³/mol. The van der Waals surface area contributed by atoms with Crippen molar-refractivity contribution in [3.05, 3.63) is 10.6 Å². The Hall–Kier alpha value is -0.570. The minimum absolute atomic E-state index is 0.322. The predicted octanol–water partition coefficient (Wildman–Crippen LogP) is 5.17. The first-order valence-electron chi connectivity index (χ1n) is 9.78. The fourth-order valence-corrected chi connectivity index (χ4v) is 8.47. The van der Waals surface area contributed by atoms with Crippen molar-refractivity contribution >= 4 is 16.5 Å². The lowest BCUT2D eigenvalue weighted by molar-refractivity contribution is -0.0907. The van der Waals surface area contributed by atoms with E-state index < -0.39 is 0 Å². The number of hydrogen-bond donors (Lipinski definition) is 1. The largest absolute Gasteiger partial charge is 0.375 e. The first-order valence-corrected chi connectivity index (χ1v) is 10.6. The number of rotatable bonds is 0. The van der Waals surface area contributed by atoms with Crippen molar-refractivity contribution < 1.29 is 0 Å². The average molecular weight is 331 g/mol. The Morgan fingerprint density at radius 3 is 2.78 bits per heavy atom. The maximum absolute atomic E-state index is 6.02. The molecule has 1 aromatic heterocycles. The third-order valence-electron chi connectivity index (χ3n) is 8.63. The minimum Gasteiger partial charge on any atom is -0.375 e. The summed E-state index contributed by atoms with van der Waals surface area (Å²) >= 11 is 1.77. The Labute approximate surface area is 144 Å². The molecule has 0 aliphatic heterocycles. The molecule has 3 saturated carbocycles. The molecule has 3 heteroatoms. The number of aromatic nitrogens is 1. The van der Waals surface area contributed by atoms with Gasteiger partial charge in [0, 0.05) is 10.3 Å². The summed E-state index contributed by atoms with van der Waals surface area (Å²) in [5, 5.41) is 0.791. The Balaban J connectivity index is 1.51. The van der Waals surface area contributed by atoms with Crippen LogP contribution in [0.15, 0.2) is 0 Å². The molecule has 4 aliphatic carbocycles. The highest BCUT2D eigenvalue weighted by Crippen LogP contribution is 2.65. The topological polar surface area (TPSA) is 38.9 Å². The van der Waals surface area contributed by atoms with Crippen molar-refractivity contribution in [2.24, 2.45) is 29.1 Å². The van der Waals surface area contributed by atoms with Crippen molar-refractivity contribution in [1.82, 2.24) is 4.98 Å². The van der Waals surface area contributed by atoms with Crippen LogP contribution in [-0.4, -0.2) is 4.98 Å². The molecule has 0 saturated heterocycles. The number of nitrogens with two attached hydrogens (primary N) is 1. The highest BCUT2D eigenvalue weighted by atomic mass is 32.1. The van der Waals surface area contributed by atoms with Gasteiger partial charge < -0.3 is 5.73 Å². The van der Waals surface area contributed by atoms with Gasteiger partial charge in [-0.2, -0.15) is 0 Å². The minimum atomic E-state index is 0.322. The Morgan fingerprint density at radius 2 is 1.91 bits per heavy atom. The first kappa shape index (κ1) is 14.7. The van der Waals surface area contributed by atoms with E-state index in [1.807, 2.05) is 0 Å². The van der Waals surface area contributed by atoms with Crippen LogP contribution in [0.5, 0.6) is 0 Å². The van der Waals surface area contributed by atoms with Crippen LogP contribution in [0.3, 0.4) is 0 Å². The van der Waals surface area contributed by atoms with Gasteiger partial charge in [0.2, 0.25) is 0 Å². The summed E-state index contributed by atoms with van der Waals surface area (Å²) in [6.07, 6.45) is 13.0. The molecular formula is C20H30N2S. The zero-order valence-corrected chi connectivity index (χ0v) is 15.4. The molecule has 4 aliphatic rings. The van der Waals surface area contributed by atoms with E-state index >= 15 is 0 Å². The second kappa shape index (κ2) is 4.74. The van der Waals surface area contributed by atoms with Crippen molar-refractivity contribution in [2.75, 3.05) is 5.73 Å². The van der Waals surface area contributed by atoms with Crippen molar-refractivity contribution in [1.29, 1.82) is 0 Å². The van der Waals surface area contributed by atoms with Crippen LogP contribution in [0.25, 0.3) is 0 Å². The second-order valence-corrected chi connectivity index (χ2v) is 10.5. The molecule has 3 fully saturated rings. The lowest BCUT2D eigenvalue weighted by Crippen LogP contribution is -2.53. The van der Waals surface area contributed by atoms with Gasteiger partial charge in [0.1, 0.15) is 0 Å². The molecule has 0 spiro atoms. The summed E-state index contributed by atoms with van der Waals surface area (Å²) in [6.45, 7) is 5.17. The molecule has 5 rings (SSSR count). The standard InChI is InChI=1S/C20H30N2S/c1-19-9-4-3-5-12(19)6-7-13-14(19)8-10-20(2)15(13)11-16-17(20)22-18(21)23-16/h12-15H,3-11H2,1-2H3,(H2,21,22)/t12-,13-,14-,15+,19+,20+/m1/s1. The number of thiazole rings is 1. The highest BCUT2D eigenvalue weighted by Gasteiger charge is 2.59. The fraction of sp³-hybridized carbons (Fsp3) is 0.850. The molecule has 0 radical (unpaired) electrons. The van der Waals surface area contributed by atoms with E-state index in [0.29, 0.717) is 10.8 Å². The normalized spacial score (nSPS) is 48.3.